The Kier molecular flexibility index (Phi) is 4.24. The van der Waals surface area contributed by atoms with Gasteiger partial charge in [-0.15, -0.1) is 0 Å². The molecule has 2 atom stereocenters. The maximum Gasteiger partial charge on any atom is 0.407 e. The molecule has 1 rings (SSSR count). The standard InChI is InChI=1S/C11H13NO6/c12-10(16)18-11(17,8(13)9(14)15)6-7-4-2-1-3-5-7/h1-5,8,13,17H,6H2,(H2,12,16)(H,14,15). The zero-order chi connectivity index (χ0) is 13.8. The van der Waals surface area contributed by atoms with Crippen molar-refractivity contribution in [2.45, 2.75) is 18.3 Å². The van der Waals surface area contributed by atoms with Crippen LogP contribution in [-0.4, -0.2) is 39.3 Å². The molecule has 7 nitrogen and oxygen atoms in total. The number of primary amides is 1. The number of carboxylic acids is 1. The first-order chi connectivity index (χ1) is 8.35. The van der Waals surface area contributed by atoms with Crippen molar-refractivity contribution in [3.63, 3.8) is 0 Å². The number of amides is 1. The van der Waals surface area contributed by atoms with Crippen molar-refractivity contribution in [3.8, 4) is 0 Å². The van der Waals surface area contributed by atoms with Crippen molar-refractivity contribution in [1.29, 1.82) is 0 Å². The third-order valence-corrected chi connectivity index (χ3v) is 2.24. The monoisotopic (exact) mass is 255 g/mol. The molecule has 0 heterocycles. The first kappa shape index (κ1) is 13.9. The molecule has 0 aromatic heterocycles. The Hall–Kier alpha value is -2.12. The van der Waals surface area contributed by atoms with Gasteiger partial charge >= 0.3 is 12.1 Å². The van der Waals surface area contributed by atoms with Crippen LogP contribution >= 0.6 is 0 Å². The summed E-state index contributed by atoms with van der Waals surface area (Å²) in [7, 11) is 0. The lowest BCUT2D eigenvalue weighted by Crippen LogP contribution is -2.52. The van der Waals surface area contributed by atoms with Crippen LogP contribution < -0.4 is 5.73 Å². The summed E-state index contributed by atoms with van der Waals surface area (Å²) in [6.45, 7) is 0. The zero-order valence-corrected chi connectivity index (χ0v) is 9.31. The second-order valence-corrected chi connectivity index (χ2v) is 3.67. The lowest BCUT2D eigenvalue weighted by Gasteiger charge is -2.29. The predicted octanol–water partition coefficient (Wildman–Crippen LogP) is -0.542. The van der Waals surface area contributed by atoms with Gasteiger partial charge in [0.2, 0.25) is 6.10 Å². The van der Waals surface area contributed by atoms with E-state index in [4.69, 9.17) is 10.8 Å². The second-order valence-electron chi connectivity index (χ2n) is 3.67. The molecule has 0 aliphatic heterocycles. The number of carbonyl (C=O) groups excluding carboxylic acids is 1. The van der Waals surface area contributed by atoms with Crippen LogP contribution in [0.1, 0.15) is 5.56 Å². The summed E-state index contributed by atoms with van der Waals surface area (Å²) in [5, 5.41) is 28.0. The van der Waals surface area contributed by atoms with Crippen LogP contribution in [0.2, 0.25) is 0 Å². The number of hydrogen-bond acceptors (Lipinski definition) is 5. The Morgan fingerprint density at radius 2 is 1.89 bits per heavy atom. The van der Waals surface area contributed by atoms with E-state index in [1.54, 1.807) is 30.3 Å². The van der Waals surface area contributed by atoms with Crippen LogP contribution in [0.25, 0.3) is 0 Å². The molecule has 1 aromatic rings. The van der Waals surface area contributed by atoms with Crippen LogP contribution in [0.4, 0.5) is 4.79 Å². The third kappa shape index (κ3) is 3.44. The van der Waals surface area contributed by atoms with E-state index in [-0.39, 0.29) is 0 Å². The number of hydrogen-bond donors (Lipinski definition) is 4. The fourth-order valence-corrected chi connectivity index (χ4v) is 1.44. The van der Waals surface area contributed by atoms with Gasteiger partial charge in [-0.25, -0.2) is 9.59 Å². The number of carbonyl (C=O) groups is 2. The van der Waals surface area contributed by atoms with Crippen molar-refractivity contribution >= 4 is 12.1 Å². The van der Waals surface area contributed by atoms with Gasteiger partial charge in [-0.2, -0.15) is 0 Å². The molecule has 0 bridgehead atoms. The Labute approximate surface area is 102 Å². The van der Waals surface area contributed by atoms with E-state index in [0.717, 1.165) is 0 Å². The first-order valence-corrected chi connectivity index (χ1v) is 5.01. The molecule has 0 saturated heterocycles. The summed E-state index contributed by atoms with van der Waals surface area (Å²) in [5.41, 5.74) is 5.22. The minimum atomic E-state index is -2.61. The van der Waals surface area contributed by atoms with E-state index in [9.17, 15) is 19.8 Å². The van der Waals surface area contributed by atoms with Crippen molar-refractivity contribution < 1.29 is 29.6 Å². The topological polar surface area (TPSA) is 130 Å². The first-order valence-electron chi connectivity index (χ1n) is 5.01. The molecule has 5 N–H and O–H groups in total. The molecule has 0 spiro atoms. The molecular weight excluding hydrogens is 242 g/mol. The number of aliphatic hydroxyl groups excluding tert-OH is 1. The maximum atomic E-state index is 10.7. The SMILES string of the molecule is NC(=O)OC(O)(Cc1ccccc1)C(O)C(=O)O. The van der Waals surface area contributed by atoms with Gasteiger partial charge in [0.25, 0.3) is 5.79 Å². The van der Waals surface area contributed by atoms with E-state index in [1.165, 1.54) is 0 Å². The zero-order valence-electron chi connectivity index (χ0n) is 9.31. The quantitative estimate of drug-likeness (QED) is 0.523. The van der Waals surface area contributed by atoms with E-state index in [1.807, 2.05) is 0 Å². The number of nitrogens with two attached hydrogens (primary N) is 1. The molecule has 18 heavy (non-hydrogen) atoms. The Bertz CT molecular complexity index is 434. The van der Waals surface area contributed by atoms with E-state index < -0.39 is 30.4 Å². The minimum absolute atomic E-state index is 0.399. The third-order valence-electron chi connectivity index (χ3n) is 2.24. The lowest BCUT2D eigenvalue weighted by molar-refractivity contribution is -0.226. The molecule has 1 amide bonds. The summed E-state index contributed by atoms with van der Waals surface area (Å²) in [4.78, 5) is 21.3. The number of rotatable bonds is 5. The molecule has 0 saturated carbocycles. The van der Waals surface area contributed by atoms with Gasteiger partial charge in [0.15, 0.2) is 0 Å². The number of aliphatic hydroxyl groups is 2. The summed E-state index contributed by atoms with van der Waals surface area (Å²) in [5.74, 6) is -4.34. The largest absolute Gasteiger partial charge is 0.479 e. The van der Waals surface area contributed by atoms with Gasteiger partial charge in [-0.1, -0.05) is 30.3 Å². The summed E-state index contributed by atoms with van der Waals surface area (Å²) in [6, 6.07) is 8.15. The van der Waals surface area contributed by atoms with Crippen LogP contribution in [0, 0.1) is 0 Å². The number of carboxylic acid groups (broad SMARTS) is 1. The summed E-state index contributed by atoms with van der Waals surface area (Å²) in [6.07, 6.45) is -4.08. The van der Waals surface area contributed by atoms with E-state index in [0.29, 0.717) is 5.56 Å². The normalized spacial score (nSPS) is 15.4. The highest BCUT2D eigenvalue weighted by molar-refractivity contribution is 5.74. The molecule has 1 aromatic carbocycles. The molecule has 98 valence electrons. The van der Waals surface area contributed by atoms with Crippen LogP contribution in [0.15, 0.2) is 30.3 Å². The molecular formula is C11H13NO6. The lowest BCUT2D eigenvalue weighted by atomic mass is 10.00. The summed E-state index contributed by atoms with van der Waals surface area (Å²) < 4.78 is 4.33. The smallest absolute Gasteiger partial charge is 0.407 e. The Morgan fingerprint density at radius 3 is 2.33 bits per heavy atom. The van der Waals surface area contributed by atoms with Gasteiger partial charge in [0.05, 0.1) is 0 Å². The van der Waals surface area contributed by atoms with E-state index in [2.05, 4.69) is 4.74 Å². The minimum Gasteiger partial charge on any atom is -0.479 e. The van der Waals surface area contributed by atoms with Crippen molar-refractivity contribution in [2.24, 2.45) is 5.73 Å². The van der Waals surface area contributed by atoms with Crippen LogP contribution in [0.5, 0.6) is 0 Å². The van der Waals surface area contributed by atoms with Crippen molar-refractivity contribution in [3.05, 3.63) is 35.9 Å². The van der Waals surface area contributed by atoms with Crippen LogP contribution in [-0.2, 0) is 16.0 Å². The number of benzene rings is 1. The molecule has 7 heteroatoms. The van der Waals surface area contributed by atoms with Gasteiger partial charge in [-0.3, -0.25) is 0 Å². The Balaban J connectivity index is 2.97. The van der Waals surface area contributed by atoms with Crippen molar-refractivity contribution in [2.75, 3.05) is 0 Å². The molecule has 0 radical (unpaired) electrons. The average molecular weight is 255 g/mol. The van der Waals surface area contributed by atoms with Gasteiger partial charge in [0.1, 0.15) is 0 Å². The molecule has 0 aliphatic rings. The fraction of sp³-hybridized carbons (Fsp3) is 0.273. The van der Waals surface area contributed by atoms with E-state index >= 15 is 0 Å². The highest BCUT2D eigenvalue weighted by Gasteiger charge is 2.44. The van der Waals surface area contributed by atoms with Crippen LogP contribution in [0.3, 0.4) is 0 Å². The number of aliphatic carboxylic acids is 1. The molecule has 0 aliphatic carbocycles. The van der Waals surface area contributed by atoms with Crippen molar-refractivity contribution in [1.82, 2.24) is 0 Å². The predicted molar refractivity (Wildman–Crippen MR) is 59.4 cm³/mol. The fourth-order valence-electron chi connectivity index (χ4n) is 1.44. The average Bonchev–Trinajstić information content (AvgIpc) is 2.28. The van der Waals surface area contributed by atoms with Gasteiger partial charge in [-0.05, 0) is 5.56 Å². The second kappa shape index (κ2) is 5.48. The van der Waals surface area contributed by atoms with Gasteiger partial charge < -0.3 is 25.8 Å². The highest BCUT2D eigenvalue weighted by atomic mass is 16.7. The number of ether oxygens (including phenoxy) is 1. The van der Waals surface area contributed by atoms with Gasteiger partial charge in [0, 0.05) is 6.42 Å². The Morgan fingerprint density at radius 1 is 1.33 bits per heavy atom. The molecule has 0 fully saturated rings. The molecule has 2 unspecified atom stereocenters. The highest BCUT2D eigenvalue weighted by Crippen LogP contribution is 2.20. The summed E-state index contributed by atoms with van der Waals surface area (Å²) >= 11 is 0. The maximum absolute atomic E-state index is 10.7.